The van der Waals surface area contributed by atoms with Crippen molar-refractivity contribution in [3.8, 4) is 0 Å². The molecule has 3 rings (SSSR count). The van der Waals surface area contributed by atoms with Crippen molar-refractivity contribution in [2.75, 3.05) is 23.9 Å². The van der Waals surface area contributed by atoms with Gasteiger partial charge in [0.05, 0.1) is 34.9 Å². The number of ether oxygens (including phenoxy) is 1. The summed E-state index contributed by atoms with van der Waals surface area (Å²) in [6.45, 7) is 2.14. The van der Waals surface area contributed by atoms with Crippen LogP contribution in [0.4, 0.5) is 5.69 Å². The van der Waals surface area contributed by atoms with Crippen LogP contribution in [0.2, 0.25) is 0 Å². The number of hydrogen-bond acceptors (Lipinski definition) is 6. The second-order valence-electron chi connectivity index (χ2n) is 6.27. The first-order chi connectivity index (χ1) is 14.1. The van der Waals surface area contributed by atoms with E-state index in [2.05, 4.69) is 0 Å². The Labute approximate surface area is 173 Å². The Morgan fingerprint density at radius 2 is 1.72 bits per heavy atom. The number of carbonyl (C=O) groups is 3. The van der Waals surface area contributed by atoms with Gasteiger partial charge in [-0.15, -0.1) is 11.8 Å². The summed E-state index contributed by atoms with van der Waals surface area (Å²) < 4.78 is 5.10. The first kappa shape index (κ1) is 20.8. The molecule has 2 amide bonds. The molecule has 0 fully saturated rings. The van der Waals surface area contributed by atoms with E-state index in [0.717, 1.165) is 23.1 Å². The Morgan fingerprint density at radius 1 is 1.03 bits per heavy atom. The lowest BCUT2D eigenvalue weighted by Gasteiger charge is -2.15. The number of aliphatic hydroxyl groups excluding tert-OH is 1. The van der Waals surface area contributed by atoms with Gasteiger partial charge in [0.15, 0.2) is 0 Å². The summed E-state index contributed by atoms with van der Waals surface area (Å²) in [6.07, 6.45) is 0.725. The molecule has 0 spiro atoms. The van der Waals surface area contributed by atoms with Crippen LogP contribution in [0.25, 0.3) is 5.57 Å². The Kier molecular flexibility index (Phi) is 6.85. The number of anilines is 1. The molecule has 0 saturated heterocycles. The third-order valence-corrected chi connectivity index (χ3v) is 5.29. The standard InChI is InChI=1S/C22H21NO5S/c1-2-13-28-22(27)16-8-10-17(11-9-16)23-20(25)18(15-6-4-3-5-7-15)19(21(23)26)29-14-12-24/h3-11,24H,2,12-14H2,1H3. The fourth-order valence-electron chi connectivity index (χ4n) is 2.91. The molecule has 2 aromatic carbocycles. The molecule has 6 nitrogen and oxygen atoms in total. The molecule has 0 saturated carbocycles. The van der Waals surface area contributed by atoms with E-state index in [1.165, 1.54) is 12.1 Å². The zero-order chi connectivity index (χ0) is 20.8. The summed E-state index contributed by atoms with van der Waals surface area (Å²) in [5.74, 6) is -1.00. The van der Waals surface area contributed by atoms with Crippen LogP contribution in [-0.4, -0.2) is 41.9 Å². The normalized spacial score (nSPS) is 13.9. The lowest BCUT2D eigenvalue weighted by molar-refractivity contribution is -0.119. The molecule has 2 aromatic rings. The quantitative estimate of drug-likeness (QED) is 0.530. The Bertz CT molecular complexity index is 937. The zero-order valence-electron chi connectivity index (χ0n) is 16.0. The second-order valence-corrected chi connectivity index (χ2v) is 7.38. The van der Waals surface area contributed by atoms with Crippen molar-refractivity contribution in [3.05, 3.63) is 70.6 Å². The van der Waals surface area contributed by atoms with Gasteiger partial charge in [-0.2, -0.15) is 0 Å². The Balaban J connectivity index is 1.91. The zero-order valence-corrected chi connectivity index (χ0v) is 16.8. The molecule has 1 N–H and O–H groups in total. The highest BCUT2D eigenvalue weighted by Gasteiger charge is 2.40. The number of thioether (sulfide) groups is 1. The predicted molar refractivity (Wildman–Crippen MR) is 112 cm³/mol. The van der Waals surface area contributed by atoms with E-state index in [-0.39, 0.29) is 6.61 Å². The van der Waals surface area contributed by atoms with Crippen molar-refractivity contribution in [1.82, 2.24) is 0 Å². The third-order valence-electron chi connectivity index (χ3n) is 4.24. The highest BCUT2D eigenvalue weighted by Crippen LogP contribution is 2.38. The molecule has 0 aromatic heterocycles. The molecular weight excluding hydrogens is 390 g/mol. The van der Waals surface area contributed by atoms with Crippen molar-refractivity contribution in [2.24, 2.45) is 0 Å². The van der Waals surface area contributed by atoms with Crippen molar-refractivity contribution < 1.29 is 24.2 Å². The number of rotatable bonds is 8. The smallest absolute Gasteiger partial charge is 0.338 e. The number of aliphatic hydroxyl groups is 1. The van der Waals surface area contributed by atoms with Gasteiger partial charge in [-0.05, 0) is 36.2 Å². The minimum absolute atomic E-state index is 0.105. The second kappa shape index (κ2) is 9.54. The fourth-order valence-corrected chi connectivity index (χ4v) is 3.77. The molecule has 7 heteroatoms. The highest BCUT2D eigenvalue weighted by atomic mass is 32.2. The van der Waals surface area contributed by atoms with Gasteiger partial charge in [0.2, 0.25) is 0 Å². The van der Waals surface area contributed by atoms with Crippen molar-refractivity contribution in [1.29, 1.82) is 0 Å². The van der Waals surface area contributed by atoms with Crippen LogP contribution in [0.15, 0.2) is 59.5 Å². The van der Waals surface area contributed by atoms with E-state index in [1.807, 2.05) is 13.0 Å². The minimum atomic E-state index is -0.445. The van der Waals surface area contributed by atoms with Gasteiger partial charge in [0, 0.05) is 5.75 Å². The number of amides is 2. The van der Waals surface area contributed by atoms with E-state index in [0.29, 0.717) is 39.7 Å². The van der Waals surface area contributed by atoms with E-state index in [9.17, 15) is 14.4 Å². The number of carbonyl (C=O) groups excluding carboxylic acids is 3. The van der Waals surface area contributed by atoms with Crippen LogP contribution in [-0.2, 0) is 14.3 Å². The van der Waals surface area contributed by atoms with Crippen molar-refractivity contribution >= 4 is 40.8 Å². The van der Waals surface area contributed by atoms with Crippen molar-refractivity contribution in [3.63, 3.8) is 0 Å². The van der Waals surface area contributed by atoms with Gasteiger partial charge in [-0.1, -0.05) is 37.3 Å². The molecular formula is C22H21NO5S. The number of nitrogens with zero attached hydrogens (tertiary/aromatic N) is 1. The lowest BCUT2D eigenvalue weighted by Crippen LogP contribution is -2.31. The van der Waals surface area contributed by atoms with Gasteiger partial charge in [0.1, 0.15) is 0 Å². The average molecular weight is 411 g/mol. The summed E-state index contributed by atoms with van der Waals surface area (Å²) in [7, 11) is 0. The molecule has 0 radical (unpaired) electrons. The number of esters is 1. The number of imide groups is 1. The molecule has 0 aliphatic carbocycles. The Morgan fingerprint density at radius 3 is 2.34 bits per heavy atom. The van der Waals surface area contributed by atoms with E-state index < -0.39 is 17.8 Å². The topological polar surface area (TPSA) is 83.9 Å². The van der Waals surface area contributed by atoms with Crippen LogP contribution in [0.3, 0.4) is 0 Å². The predicted octanol–water partition coefficient (Wildman–Crippen LogP) is 3.26. The maximum atomic E-state index is 13.1. The molecule has 150 valence electrons. The maximum absolute atomic E-state index is 13.1. The first-order valence-electron chi connectivity index (χ1n) is 9.27. The molecule has 1 aliphatic rings. The molecule has 1 heterocycles. The Hall–Kier alpha value is -2.90. The van der Waals surface area contributed by atoms with Crippen LogP contribution < -0.4 is 4.90 Å². The fraction of sp³-hybridized carbons (Fsp3) is 0.227. The lowest BCUT2D eigenvalue weighted by atomic mass is 10.1. The largest absolute Gasteiger partial charge is 0.462 e. The van der Waals surface area contributed by atoms with Crippen LogP contribution in [0, 0.1) is 0 Å². The molecule has 0 unspecified atom stereocenters. The van der Waals surface area contributed by atoms with E-state index in [1.54, 1.807) is 36.4 Å². The van der Waals surface area contributed by atoms with Crippen LogP contribution in [0.1, 0.15) is 29.3 Å². The van der Waals surface area contributed by atoms with Crippen LogP contribution >= 0.6 is 11.8 Å². The molecule has 0 bridgehead atoms. The monoisotopic (exact) mass is 411 g/mol. The van der Waals surface area contributed by atoms with Crippen LogP contribution in [0.5, 0.6) is 0 Å². The minimum Gasteiger partial charge on any atom is -0.462 e. The van der Waals surface area contributed by atoms with Crippen molar-refractivity contribution in [2.45, 2.75) is 13.3 Å². The van der Waals surface area contributed by atoms with Gasteiger partial charge >= 0.3 is 5.97 Å². The third kappa shape index (κ3) is 4.41. The summed E-state index contributed by atoms with van der Waals surface area (Å²) in [5.41, 5.74) is 1.70. The van der Waals surface area contributed by atoms with E-state index in [4.69, 9.17) is 9.84 Å². The maximum Gasteiger partial charge on any atom is 0.338 e. The SMILES string of the molecule is CCCOC(=O)c1ccc(N2C(=O)C(SCCO)=C(c3ccccc3)C2=O)cc1. The average Bonchev–Trinajstić information content (AvgIpc) is 3.00. The summed E-state index contributed by atoms with van der Waals surface area (Å²) in [4.78, 5) is 39.5. The van der Waals surface area contributed by atoms with Gasteiger partial charge < -0.3 is 9.84 Å². The highest BCUT2D eigenvalue weighted by molar-refractivity contribution is 8.04. The van der Waals surface area contributed by atoms with Gasteiger partial charge in [-0.25, -0.2) is 9.69 Å². The van der Waals surface area contributed by atoms with Gasteiger partial charge in [0.25, 0.3) is 11.8 Å². The summed E-state index contributed by atoms with van der Waals surface area (Å²) in [5, 5.41) is 9.17. The summed E-state index contributed by atoms with van der Waals surface area (Å²) >= 11 is 1.16. The number of hydrogen-bond donors (Lipinski definition) is 1. The van der Waals surface area contributed by atoms with E-state index >= 15 is 0 Å². The summed E-state index contributed by atoms with van der Waals surface area (Å²) in [6, 6.07) is 15.2. The van der Waals surface area contributed by atoms with Gasteiger partial charge in [-0.3, -0.25) is 9.59 Å². The number of benzene rings is 2. The molecule has 1 aliphatic heterocycles. The molecule has 29 heavy (non-hydrogen) atoms. The molecule has 0 atom stereocenters. The first-order valence-corrected chi connectivity index (χ1v) is 10.3.